The highest BCUT2D eigenvalue weighted by molar-refractivity contribution is 6.17. The highest BCUT2D eigenvalue weighted by Gasteiger charge is 2.70. The van der Waals surface area contributed by atoms with Gasteiger partial charge < -0.3 is 15.0 Å². The number of fused-ring (bicyclic) bond motifs is 6. The van der Waals surface area contributed by atoms with Gasteiger partial charge in [-0.15, -0.1) is 0 Å². The number of carbonyl (C=O) groups is 3. The topological polar surface area (TPSA) is 75.7 Å². The van der Waals surface area contributed by atoms with E-state index in [1.165, 1.54) is 0 Å². The number of hydrogen-bond acceptors (Lipinski definition) is 5. The van der Waals surface area contributed by atoms with E-state index < -0.39 is 23.4 Å². The first-order valence-electron chi connectivity index (χ1n) is 14.8. The molecule has 6 nitrogen and oxygen atoms in total. The molecule has 1 spiro atoms. The Labute approximate surface area is 251 Å². The quantitative estimate of drug-likeness (QED) is 0.249. The number of ether oxygens (including phenoxy) is 1. The smallest absolute Gasteiger partial charge is 0.238 e. The Morgan fingerprint density at radius 3 is 2.42 bits per heavy atom. The van der Waals surface area contributed by atoms with E-state index in [0.29, 0.717) is 29.2 Å². The van der Waals surface area contributed by atoms with Gasteiger partial charge in [-0.2, -0.15) is 0 Å². The van der Waals surface area contributed by atoms with Crippen LogP contribution in [-0.2, 0) is 10.2 Å². The summed E-state index contributed by atoms with van der Waals surface area (Å²) in [5.74, 6) is -1.31. The molecule has 3 aliphatic rings. The Bertz CT molecular complexity index is 1790. The van der Waals surface area contributed by atoms with Crippen LogP contribution in [0.25, 0.3) is 6.08 Å². The SMILES string of the molecule is CCCOc1ccccc1C(=O)[C@@H]1[C@H](C(=O)c2ccc(C)cc2)[C@@]2(C(=O)Nc3ccccc32)[C@@H]2c3ccccc3C=CN12. The molecule has 1 amide bonds. The van der Waals surface area contributed by atoms with Gasteiger partial charge in [-0.3, -0.25) is 14.4 Å². The van der Waals surface area contributed by atoms with Crippen molar-refractivity contribution in [1.29, 1.82) is 0 Å². The number of benzene rings is 4. The van der Waals surface area contributed by atoms with Crippen molar-refractivity contribution in [3.63, 3.8) is 0 Å². The summed E-state index contributed by atoms with van der Waals surface area (Å²) in [5.41, 5.74) is 3.79. The van der Waals surface area contributed by atoms with E-state index in [1.54, 1.807) is 24.3 Å². The standard InChI is InChI=1S/C37H32N2O4/c1-3-22-43-30-15-9-6-12-27(30)34(41)32-31(33(40)25-18-16-23(2)17-19-25)37(28-13-7-8-14-29(28)38-36(37)42)35-26-11-5-4-10-24(26)20-21-39(32)35/h4-21,31-32,35H,3,22H2,1-2H3,(H,38,42)/t31-,32+,35+,37-/m1/s1. The number of Topliss-reactive ketones (excluding diaryl/α,β-unsaturated/α-hetero) is 2. The van der Waals surface area contributed by atoms with Crippen molar-refractivity contribution in [3.05, 3.63) is 137 Å². The van der Waals surface area contributed by atoms with Crippen LogP contribution in [0.3, 0.4) is 0 Å². The number of carbonyl (C=O) groups excluding carboxylic acids is 3. The fraction of sp³-hybridized carbons (Fsp3) is 0.216. The number of nitrogens with one attached hydrogen (secondary N) is 1. The number of hydrogen-bond donors (Lipinski definition) is 1. The van der Waals surface area contributed by atoms with Crippen molar-refractivity contribution in [2.75, 3.05) is 11.9 Å². The molecule has 0 aromatic heterocycles. The van der Waals surface area contributed by atoms with Crippen LogP contribution >= 0.6 is 0 Å². The van der Waals surface area contributed by atoms with Crippen LogP contribution < -0.4 is 10.1 Å². The number of anilines is 1. The Kier molecular flexibility index (Phi) is 6.50. The second-order valence-corrected chi connectivity index (χ2v) is 11.5. The maximum atomic E-state index is 14.9. The average Bonchev–Trinajstić information content (AvgIpc) is 3.52. The number of amides is 1. The zero-order chi connectivity index (χ0) is 29.7. The summed E-state index contributed by atoms with van der Waals surface area (Å²) in [5, 5.41) is 3.10. The fourth-order valence-corrected chi connectivity index (χ4v) is 7.23. The van der Waals surface area contributed by atoms with Gasteiger partial charge in [0.25, 0.3) is 0 Å². The number of ketones is 2. The molecule has 1 saturated heterocycles. The minimum absolute atomic E-state index is 0.238. The monoisotopic (exact) mass is 568 g/mol. The van der Waals surface area contributed by atoms with Crippen molar-refractivity contribution >= 4 is 29.2 Å². The van der Waals surface area contributed by atoms with E-state index in [-0.39, 0.29) is 17.5 Å². The summed E-state index contributed by atoms with van der Waals surface area (Å²) < 4.78 is 6.03. The molecule has 1 fully saturated rings. The van der Waals surface area contributed by atoms with Crippen LogP contribution in [0.2, 0.25) is 0 Å². The maximum absolute atomic E-state index is 14.9. The number of nitrogens with zero attached hydrogens (tertiary/aromatic N) is 1. The lowest BCUT2D eigenvalue weighted by molar-refractivity contribution is -0.122. The van der Waals surface area contributed by atoms with Crippen LogP contribution in [0.15, 0.2) is 103 Å². The second-order valence-electron chi connectivity index (χ2n) is 11.5. The first-order chi connectivity index (χ1) is 21.0. The molecule has 43 heavy (non-hydrogen) atoms. The Hall–Kier alpha value is -4.97. The van der Waals surface area contributed by atoms with Gasteiger partial charge >= 0.3 is 0 Å². The molecule has 0 radical (unpaired) electrons. The summed E-state index contributed by atoms with van der Waals surface area (Å²) in [6.07, 6.45) is 4.65. The number of rotatable bonds is 7. The first kappa shape index (κ1) is 26.9. The van der Waals surface area contributed by atoms with Crippen molar-refractivity contribution in [3.8, 4) is 5.75 Å². The van der Waals surface area contributed by atoms with E-state index in [4.69, 9.17) is 4.74 Å². The molecule has 3 aliphatic heterocycles. The molecule has 214 valence electrons. The predicted molar refractivity (Wildman–Crippen MR) is 166 cm³/mol. The fourth-order valence-electron chi connectivity index (χ4n) is 7.23. The van der Waals surface area contributed by atoms with Crippen LogP contribution in [0, 0.1) is 12.8 Å². The van der Waals surface area contributed by atoms with Crippen LogP contribution in [-0.4, -0.2) is 35.0 Å². The van der Waals surface area contributed by atoms with E-state index in [9.17, 15) is 14.4 Å². The minimum atomic E-state index is -1.36. The average molecular weight is 569 g/mol. The van der Waals surface area contributed by atoms with E-state index >= 15 is 0 Å². The number of aryl methyl sites for hydroxylation is 1. The summed E-state index contributed by atoms with van der Waals surface area (Å²) in [7, 11) is 0. The predicted octanol–water partition coefficient (Wildman–Crippen LogP) is 6.77. The van der Waals surface area contributed by atoms with Gasteiger partial charge in [-0.25, -0.2) is 0 Å². The Morgan fingerprint density at radius 1 is 0.884 bits per heavy atom. The number of para-hydroxylation sites is 2. The molecular formula is C37H32N2O4. The van der Waals surface area contributed by atoms with E-state index in [0.717, 1.165) is 28.7 Å². The van der Waals surface area contributed by atoms with Crippen molar-refractivity contribution < 1.29 is 19.1 Å². The zero-order valence-electron chi connectivity index (χ0n) is 24.1. The first-order valence-corrected chi connectivity index (χ1v) is 14.8. The molecule has 0 aliphatic carbocycles. The Balaban J connectivity index is 1.51. The molecule has 0 saturated carbocycles. The maximum Gasteiger partial charge on any atom is 0.238 e. The minimum Gasteiger partial charge on any atom is -0.493 e. The third-order valence-corrected chi connectivity index (χ3v) is 9.07. The lowest BCUT2D eigenvalue weighted by Crippen LogP contribution is -2.49. The lowest BCUT2D eigenvalue weighted by Gasteiger charge is -2.38. The molecule has 0 bridgehead atoms. The normalized spacial score (nSPS) is 23.0. The van der Waals surface area contributed by atoms with Gasteiger partial charge in [-0.05, 0) is 54.3 Å². The van der Waals surface area contributed by atoms with Gasteiger partial charge in [0.1, 0.15) is 17.2 Å². The van der Waals surface area contributed by atoms with Crippen molar-refractivity contribution in [2.24, 2.45) is 5.92 Å². The molecular weight excluding hydrogens is 536 g/mol. The summed E-state index contributed by atoms with van der Waals surface area (Å²) >= 11 is 0. The lowest BCUT2D eigenvalue weighted by atomic mass is 9.62. The molecule has 1 N–H and O–H groups in total. The van der Waals surface area contributed by atoms with Crippen LogP contribution in [0.5, 0.6) is 5.75 Å². The summed E-state index contributed by atoms with van der Waals surface area (Å²) in [6, 6.07) is 28.5. The summed E-state index contributed by atoms with van der Waals surface area (Å²) in [6.45, 7) is 4.44. The van der Waals surface area contributed by atoms with Crippen LogP contribution in [0.4, 0.5) is 5.69 Å². The third kappa shape index (κ3) is 3.97. The van der Waals surface area contributed by atoms with Crippen LogP contribution in [0.1, 0.15) is 62.4 Å². The van der Waals surface area contributed by atoms with E-state index in [1.807, 2.05) is 104 Å². The van der Waals surface area contributed by atoms with Crippen molar-refractivity contribution in [2.45, 2.75) is 37.8 Å². The van der Waals surface area contributed by atoms with Gasteiger partial charge in [0.15, 0.2) is 11.6 Å². The third-order valence-electron chi connectivity index (χ3n) is 9.07. The second kappa shape index (κ2) is 10.4. The highest BCUT2D eigenvalue weighted by Crippen LogP contribution is 2.62. The zero-order valence-corrected chi connectivity index (χ0v) is 24.1. The Morgan fingerprint density at radius 2 is 1.60 bits per heavy atom. The largest absolute Gasteiger partial charge is 0.493 e. The molecule has 4 aromatic carbocycles. The van der Waals surface area contributed by atoms with Gasteiger partial charge in [-0.1, -0.05) is 91.3 Å². The van der Waals surface area contributed by atoms with Gasteiger partial charge in [0.2, 0.25) is 5.91 Å². The molecule has 0 unspecified atom stereocenters. The molecule has 3 heterocycles. The molecule has 4 atom stereocenters. The molecule has 7 rings (SSSR count). The highest BCUT2D eigenvalue weighted by atomic mass is 16.5. The summed E-state index contributed by atoms with van der Waals surface area (Å²) in [4.78, 5) is 46.4. The molecule has 6 heteroatoms. The van der Waals surface area contributed by atoms with E-state index in [2.05, 4.69) is 5.32 Å². The van der Waals surface area contributed by atoms with Gasteiger partial charge in [0, 0.05) is 17.5 Å². The van der Waals surface area contributed by atoms with Gasteiger partial charge in [0.05, 0.1) is 24.1 Å². The van der Waals surface area contributed by atoms with Crippen molar-refractivity contribution in [1.82, 2.24) is 4.90 Å². The molecule has 4 aromatic rings.